The minimum Gasteiger partial charge on any atom is -0.382 e. The molecule has 1 aromatic rings. The van der Waals surface area contributed by atoms with Crippen molar-refractivity contribution in [3.8, 4) is 6.07 Å². The molecule has 0 bridgehead atoms. The molecule has 0 radical (unpaired) electrons. The van der Waals surface area contributed by atoms with Crippen LogP contribution >= 0.6 is 0 Å². The Labute approximate surface area is 97.1 Å². The second-order valence-corrected chi connectivity index (χ2v) is 4.08. The highest BCUT2D eigenvalue weighted by Crippen LogP contribution is 2.41. The second-order valence-electron chi connectivity index (χ2n) is 4.08. The third kappa shape index (κ3) is 1.95. The van der Waals surface area contributed by atoms with Crippen molar-refractivity contribution in [3.05, 3.63) is 28.8 Å². The van der Waals surface area contributed by atoms with Gasteiger partial charge in [0, 0.05) is 11.7 Å². The fraction of sp³-hybridized carbons (Fsp3) is 0.417. The summed E-state index contributed by atoms with van der Waals surface area (Å²) in [4.78, 5) is 0. The van der Waals surface area contributed by atoms with Gasteiger partial charge >= 0.3 is 6.18 Å². The summed E-state index contributed by atoms with van der Waals surface area (Å²) in [6, 6.07) is 4.43. The Hall–Kier alpha value is -1.70. The van der Waals surface area contributed by atoms with E-state index in [4.69, 9.17) is 5.26 Å². The van der Waals surface area contributed by atoms with Crippen LogP contribution in [0.15, 0.2) is 12.1 Å². The van der Waals surface area contributed by atoms with Crippen molar-refractivity contribution in [1.29, 1.82) is 5.26 Å². The summed E-state index contributed by atoms with van der Waals surface area (Å²) in [6.07, 6.45) is -3.38. The zero-order valence-corrected chi connectivity index (χ0v) is 9.23. The molecule has 1 atom stereocenters. The number of rotatable bonds is 1. The zero-order valence-electron chi connectivity index (χ0n) is 9.23. The predicted octanol–water partition coefficient (Wildman–Crippen LogP) is 3.32. The van der Waals surface area contributed by atoms with E-state index in [0.717, 1.165) is 6.42 Å². The van der Waals surface area contributed by atoms with Crippen LogP contribution in [0, 0.1) is 11.3 Å². The Morgan fingerprint density at radius 1 is 1.47 bits per heavy atom. The van der Waals surface area contributed by atoms with Gasteiger partial charge in [0.05, 0.1) is 17.2 Å². The highest BCUT2D eigenvalue weighted by atomic mass is 19.4. The average Bonchev–Trinajstić information content (AvgIpc) is 2.68. The number of halogens is 3. The molecule has 2 nitrogen and oxygen atoms in total. The van der Waals surface area contributed by atoms with E-state index in [1.165, 1.54) is 6.07 Å². The summed E-state index contributed by atoms with van der Waals surface area (Å²) >= 11 is 0. The van der Waals surface area contributed by atoms with Crippen molar-refractivity contribution in [2.75, 3.05) is 5.32 Å². The monoisotopic (exact) mass is 240 g/mol. The van der Waals surface area contributed by atoms with E-state index in [-0.39, 0.29) is 17.2 Å². The SMILES string of the molecule is CCC1Cc2c(ccc(C#N)c2C(F)(F)F)N1. The molecule has 17 heavy (non-hydrogen) atoms. The molecule has 0 saturated carbocycles. The lowest BCUT2D eigenvalue weighted by Gasteiger charge is -2.13. The van der Waals surface area contributed by atoms with E-state index >= 15 is 0 Å². The maximum atomic E-state index is 12.9. The maximum absolute atomic E-state index is 12.9. The molecule has 1 unspecified atom stereocenters. The maximum Gasteiger partial charge on any atom is 0.418 e. The van der Waals surface area contributed by atoms with Gasteiger partial charge in [-0.25, -0.2) is 0 Å². The van der Waals surface area contributed by atoms with Gasteiger partial charge in [0.15, 0.2) is 0 Å². The number of anilines is 1. The summed E-state index contributed by atoms with van der Waals surface area (Å²) in [6.45, 7) is 1.92. The van der Waals surface area contributed by atoms with Crippen LogP contribution in [0.3, 0.4) is 0 Å². The lowest BCUT2D eigenvalue weighted by atomic mass is 9.97. The number of alkyl halides is 3. The van der Waals surface area contributed by atoms with Crippen LogP contribution in [-0.4, -0.2) is 6.04 Å². The van der Waals surface area contributed by atoms with Crippen LogP contribution in [0.5, 0.6) is 0 Å². The molecule has 0 aliphatic carbocycles. The molecule has 90 valence electrons. The zero-order chi connectivity index (χ0) is 12.6. The largest absolute Gasteiger partial charge is 0.418 e. The average molecular weight is 240 g/mol. The van der Waals surface area contributed by atoms with Crippen molar-refractivity contribution in [3.63, 3.8) is 0 Å². The van der Waals surface area contributed by atoms with Gasteiger partial charge in [-0.05, 0) is 30.5 Å². The van der Waals surface area contributed by atoms with Crippen LogP contribution in [0.2, 0.25) is 0 Å². The van der Waals surface area contributed by atoms with E-state index in [1.54, 1.807) is 12.1 Å². The summed E-state index contributed by atoms with van der Waals surface area (Å²) in [5, 5.41) is 11.8. The van der Waals surface area contributed by atoms with E-state index < -0.39 is 11.7 Å². The molecule has 2 rings (SSSR count). The number of nitrogens with one attached hydrogen (secondary N) is 1. The van der Waals surface area contributed by atoms with Crippen LogP contribution in [0.25, 0.3) is 0 Å². The highest BCUT2D eigenvalue weighted by molar-refractivity contribution is 5.64. The van der Waals surface area contributed by atoms with Gasteiger partial charge in [0.1, 0.15) is 0 Å². The topological polar surface area (TPSA) is 35.8 Å². The molecule has 1 aliphatic rings. The van der Waals surface area contributed by atoms with Crippen molar-refractivity contribution < 1.29 is 13.2 Å². The Bertz CT molecular complexity index is 486. The van der Waals surface area contributed by atoms with Crippen LogP contribution in [0.4, 0.5) is 18.9 Å². The van der Waals surface area contributed by atoms with E-state index in [9.17, 15) is 13.2 Å². The normalized spacial score (nSPS) is 18.4. The third-order valence-corrected chi connectivity index (χ3v) is 3.02. The van der Waals surface area contributed by atoms with Crippen LogP contribution in [-0.2, 0) is 12.6 Å². The predicted molar refractivity (Wildman–Crippen MR) is 57.6 cm³/mol. The fourth-order valence-electron chi connectivity index (χ4n) is 2.18. The van der Waals surface area contributed by atoms with Gasteiger partial charge in [-0.1, -0.05) is 6.92 Å². The second kappa shape index (κ2) is 3.95. The van der Waals surface area contributed by atoms with E-state index in [1.807, 2.05) is 6.92 Å². The number of benzene rings is 1. The van der Waals surface area contributed by atoms with E-state index in [0.29, 0.717) is 12.1 Å². The Kier molecular flexibility index (Phi) is 2.74. The van der Waals surface area contributed by atoms with Crippen molar-refractivity contribution in [2.24, 2.45) is 0 Å². The standard InChI is InChI=1S/C12H11F3N2/c1-2-8-5-9-10(17-8)4-3-7(6-16)11(9)12(13,14)15/h3-4,8,17H,2,5H2,1H3. The summed E-state index contributed by atoms with van der Waals surface area (Å²) in [7, 11) is 0. The molecule has 1 aliphatic heterocycles. The Morgan fingerprint density at radius 3 is 2.71 bits per heavy atom. The smallest absolute Gasteiger partial charge is 0.382 e. The molecule has 5 heteroatoms. The van der Waals surface area contributed by atoms with Gasteiger partial charge in [0.2, 0.25) is 0 Å². The van der Waals surface area contributed by atoms with Crippen LogP contribution < -0.4 is 5.32 Å². The molecule has 0 fully saturated rings. The van der Waals surface area contributed by atoms with Gasteiger partial charge in [-0.15, -0.1) is 0 Å². The number of hydrogen-bond donors (Lipinski definition) is 1. The summed E-state index contributed by atoms with van der Waals surface area (Å²) in [5.41, 5.74) is -0.345. The first-order valence-electron chi connectivity index (χ1n) is 5.37. The first-order chi connectivity index (χ1) is 7.97. The Balaban J connectivity index is 2.58. The van der Waals surface area contributed by atoms with Crippen molar-refractivity contribution in [2.45, 2.75) is 32.0 Å². The first-order valence-corrected chi connectivity index (χ1v) is 5.37. The number of fused-ring (bicyclic) bond motifs is 1. The molecule has 0 aromatic heterocycles. The highest BCUT2D eigenvalue weighted by Gasteiger charge is 2.39. The molecule has 1 aromatic carbocycles. The molecule has 1 N–H and O–H groups in total. The van der Waals surface area contributed by atoms with Crippen molar-refractivity contribution in [1.82, 2.24) is 0 Å². The van der Waals surface area contributed by atoms with Gasteiger partial charge in [0.25, 0.3) is 0 Å². The summed E-state index contributed by atoms with van der Waals surface area (Å²) in [5.74, 6) is 0. The minimum absolute atomic E-state index is 0.0278. The Morgan fingerprint density at radius 2 is 2.18 bits per heavy atom. The molecule has 0 spiro atoms. The summed E-state index contributed by atoms with van der Waals surface area (Å²) < 4.78 is 38.8. The minimum atomic E-state index is -4.47. The van der Waals surface area contributed by atoms with Gasteiger partial charge in [-0.2, -0.15) is 18.4 Å². The quantitative estimate of drug-likeness (QED) is 0.817. The van der Waals surface area contributed by atoms with Crippen molar-refractivity contribution >= 4 is 5.69 Å². The molecule has 0 amide bonds. The molecular formula is C12H11F3N2. The van der Waals surface area contributed by atoms with Crippen LogP contribution in [0.1, 0.15) is 30.0 Å². The first kappa shape index (κ1) is 11.8. The molecule has 1 heterocycles. The van der Waals surface area contributed by atoms with E-state index in [2.05, 4.69) is 5.32 Å². The third-order valence-electron chi connectivity index (χ3n) is 3.02. The number of nitrogens with zero attached hydrogens (tertiary/aromatic N) is 1. The lowest BCUT2D eigenvalue weighted by molar-refractivity contribution is -0.138. The van der Waals surface area contributed by atoms with Gasteiger partial charge < -0.3 is 5.32 Å². The lowest BCUT2D eigenvalue weighted by Crippen LogP contribution is -2.14. The molecule has 0 saturated heterocycles. The number of nitriles is 1. The van der Waals surface area contributed by atoms with Gasteiger partial charge in [-0.3, -0.25) is 0 Å². The number of hydrogen-bond acceptors (Lipinski definition) is 2. The molecular weight excluding hydrogens is 229 g/mol. The fourth-order valence-corrected chi connectivity index (χ4v) is 2.18.